The minimum atomic E-state index is 0.0380. The summed E-state index contributed by atoms with van der Waals surface area (Å²) in [4.78, 5) is 4.18. The Morgan fingerprint density at radius 1 is 1.30 bits per heavy atom. The second-order valence-corrected chi connectivity index (χ2v) is 7.38. The number of fused-ring (bicyclic) bond motifs is 2. The van der Waals surface area contributed by atoms with Gasteiger partial charge in [-0.3, -0.25) is 0 Å². The summed E-state index contributed by atoms with van der Waals surface area (Å²) in [6, 6.07) is 2.31. The second kappa shape index (κ2) is 5.41. The van der Waals surface area contributed by atoms with Crippen molar-refractivity contribution in [3.63, 3.8) is 0 Å². The number of ether oxygens (including phenoxy) is 2. The van der Waals surface area contributed by atoms with Crippen LogP contribution in [0.5, 0.6) is 0 Å². The number of hydrogen-bond acceptors (Lipinski definition) is 4. The number of nitrogens with zero attached hydrogens (tertiary/aromatic N) is 1. The third kappa shape index (κ3) is 2.33. The molecule has 3 aliphatic heterocycles. The van der Waals surface area contributed by atoms with Crippen LogP contribution in [0.25, 0.3) is 0 Å². The van der Waals surface area contributed by atoms with E-state index in [4.69, 9.17) is 9.47 Å². The zero-order valence-corrected chi connectivity index (χ0v) is 12.8. The molecule has 0 aliphatic carbocycles. The van der Waals surface area contributed by atoms with E-state index in [0.29, 0.717) is 0 Å². The highest BCUT2D eigenvalue weighted by Gasteiger charge is 2.41. The van der Waals surface area contributed by atoms with E-state index < -0.39 is 0 Å². The molecule has 1 spiro atoms. The van der Waals surface area contributed by atoms with Crippen LogP contribution in [0.2, 0.25) is 0 Å². The summed E-state index contributed by atoms with van der Waals surface area (Å²) in [7, 11) is 0. The average Bonchev–Trinajstić information content (AvgIpc) is 3.13. The highest BCUT2D eigenvalue weighted by Crippen LogP contribution is 2.43. The van der Waals surface area contributed by atoms with Crippen molar-refractivity contribution < 1.29 is 9.47 Å². The third-order valence-corrected chi connectivity index (χ3v) is 6.13. The van der Waals surface area contributed by atoms with Crippen LogP contribution in [0, 0.1) is 5.92 Å². The van der Waals surface area contributed by atoms with Crippen LogP contribution >= 0.6 is 11.3 Å². The van der Waals surface area contributed by atoms with Crippen LogP contribution in [0.15, 0.2) is 11.4 Å². The van der Waals surface area contributed by atoms with Crippen molar-refractivity contribution in [3.8, 4) is 0 Å². The van der Waals surface area contributed by atoms with Crippen LogP contribution in [-0.4, -0.2) is 44.4 Å². The molecule has 0 N–H and O–H groups in total. The van der Waals surface area contributed by atoms with Crippen molar-refractivity contribution >= 4 is 11.3 Å². The van der Waals surface area contributed by atoms with Gasteiger partial charge in [-0.1, -0.05) is 0 Å². The molecule has 0 radical (unpaired) electrons. The van der Waals surface area contributed by atoms with E-state index in [9.17, 15) is 0 Å². The molecule has 4 rings (SSSR count). The minimum Gasteiger partial charge on any atom is -0.381 e. The maximum absolute atomic E-state index is 6.26. The van der Waals surface area contributed by atoms with Crippen molar-refractivity contribution in [1.82, 2.24) is 4.90 Å². The Morgan fingerprint density at radius 3 is 3.00 bits per heavy atom. The molecule has 0 amide bonds. The van der Waals surface area contributed by atoms with Crippen molar-refractivity contribution in [2.45, 2.75) is 31.3 Å². The van der Waals surface area contributed by atoms with E-state index in [2.05, 4.69) is 16.3 Å². The molecule has 1 aromatic rings. The molecule has 4 heterocycles. The van der Waals surface area contributed by atoms with E-state index in [0.717, 1.165) is 45.0 Å². The smallest absolute Gasteiger partial charge is 0.0966 e. The first-order chi connectivity index (χ1) is 9.86. The van der Waals surface area contributed by atoms with Gasteiger partial charge in [0.15, 0.2) is 0 Å². The summed E-state index contributed by atoms with van der Waals surface area (Å²) in [5, 5.41) is 2.24. The van der Waals surface area contributed by atoms with Gasteiger partial charge < -0.3 is 14.4 Å². The van der Waals surface area contributed by atoms with Crippen molar-refractivity contribution in [1.29, 1.82) is 0 Å². The summed E-state index contributed by atoms with van der Waals surface area (Å²) in [6.07, 6.45) is 4.67. The summed E-state index contributed by atoms with van der Waals surface area (Å²) < 4.78 is 11.8. The molecule has 2 fully saturated rings. The summed E-state index contributed by atoms with van der Waals surface area (Å²) >= 11 is 1.91. The average molecular weight is 293 g/mol. The monoisotopic (exact) mass is 293 g/mol. The van der Waals surface area contributed by atoms with Gasteiger partial charge >= 0.3 is 0 Å². The fraction of sp³-hybridized carbons (Fsp3) is 0.750. The molecule has 3 nitrogen and oxygen atoms in total. The minimum absolute atomic E-state index is 0.0380. The number of hydrogen-bond donors (Lipinski definition) is 0. The zero-order valence-electron chi connectivity index (χ0n) is 12.0. The fourth-order valence-electron chi connectivity index (χ4n) is 3.96. The number of rotatable bonds is 2. The number of thiophene rings is 1. The van der Waals surface area contributed by atoms with Crippen molar-refractivity contribution in [3.05, 3.63) is 21.9 Å². The van der Waals surface area contributed by atoms with E-state index in [1.807, 2.05) is 11.3 Å². The lowest BCUT2D eigenvalue weighted by molar-refractivity contribution is -0.0983. The highest BCUT2D eigenvalue weighted by molar-refractivity contribution is 7.10. The molecule has 20 heavy (non-hydrogen) atoms. The topological polar surface area (TPSA) is 21.7 Å². The van der Waals surface area contributed by atoms with Gasteiger partial charge in [-0.2, -0.15) is 0 Å². The van der Waals surface area contributed by atoms with Crippen LogP contribution < -0.4 is 0 Å². The van der Waals surface area contributed by atoms with Gasteiger partial charge in [0.1, 0.15) is 0 Å². The van der Waals surface area contributed by atoms with Crippen molar-refractivity contribution in [2.75, 3.05) is 39.5 Å². The molecule has 0 saturated carbocycles. The van der Waals surface area contributed by atoms with Gasteiger partial charge in [-0.05, 0) is 42.2 Å². The van der Waals surface area contributed by atoms with Crippen LogP contribution in [-0.2, 0) is 21.5 Å². The van der Waals surface area contributed by atoms with E-state index in [-0.39, 0.29) is 5.60 Å². The summed E-state index contributed by atoms with van der Waals surface area (Å²) in [5.74, 6) is 0.757. The maximum Gasteiger partial charge on any atom is 0.0966 e. The van der Waals surface area contributed by atoms with Crippen LogP contribution in [0.1, 0.15) is 29.7 Å². The highest BCUT2D eigenvalue weighted by atomic mass is 32.1. The van der Waals surface area contributed by atoms with Gasteiger partial charge in [0.2, 0.25) is 0 Å². The lowest BCUT2D eigenvalue weighted by Crippen LogP contribution is -2.47. The Bertz CT molecular complexity index is 459. The van der Waals surface area contributed by atoms with Gasteiger partial charge in [0.25, 0.3) is 0 Å². The largest absolute Gasteiger partial charge is 0.381 e. The lowest BCUT2D eigenvalue weighted by Gasteiger charge is -2.44. The van der Waals surface area contributed by atoms with Gasteiger partial charge in [-0.15, -0.1) is 11.3 Å². The summed E-state index contributed by atoms with van der Waals surface area (Å²) in [6.45, 7) is 6.39. The molecule has 0 aromatic carbocycles. The van der Waals surface area contributed by atoms with Crippen LogP contribution in [0.3, 0.4) is 0 Å². The normalized spacial score (nSPS) is 29.7. The van der Waals surface area contributed by atoms with E-state index >= 15 is 0 Å². The number of likely N-dealkylation sites (tertiary alicyclic amines) is 1. The standard InChI is InChI=1S/C16H23NO2S/c1-8-18-12-13(1)11-17-6-4-16(5-7-17)14-3-10-20-15(14)2-9-19-16/h3,10,13H,1-2,4-9,11-12H2. The first kappa shape index (κ1) is 13.3. The summed E-state index contributed by atoms with van der Waals surface area (Å²) in [5.41, 5.74) is 1.54. The molecule has 2 saturated heterocycles. The van der Waals surface area contributed by atoms with E-state index in [1.54, 1.807) is 4.88 Å². The van der Waals surface area contributed by atoms with Gasteiger partial charge in [-0.25, -0.2) is 0 Å². The Hall–Kier alpha value is -0.420. The molecule has 110 valence electrons. The second-order valence-electron chi connectivity index (χ2n) is 6.38. The first-order valence-corrected chi connectivity index (χ1v) is 8.75. The molecule has 1 atom stereocenters. The molecular weight excluding hydrogens is 270 g/mol. The quantitative estimate of drug-likeness (QED) is 0.837. The molecule has 4 heteroatoms. The first-order valence-electron chi connectivity index (χ1n) is 7.87. The Labute approximate surface area is 124 Å². The Kier molecular flexibility index (Phi) is 3.59. The molecule has 1 aromatic heterocycles. The third-order valence-electron chi connectivity index (χ3n) is 5.15. The molecule has 0 bridgehead atoms. The predicted octanol–water partition coefficient (Wildman–Crippen LogP) is 2.65. The van der Waals surface area contributed by atoms with Gasteiger partial charge in [0, 0.05) is 37.5 Å². The van der Waals surface area contributed by atoms with Gasteiger partial charge in [0.05, 0.1) is 18.8 Å². The molecule has 3 aliphatic rings. The molecular formula is C16H23NO2S. The zero-order chi connectivity index (χ0) is 13.4. The lowest BCUT2D eigenvalue weighted by atomic mass is 9.82. The maximum atomic E-state index is 6.26. The Morgan fingerprint density at radius 2 is 2.20 bits per heavy atom. The Balaban J connectivity index is 1.42. The van der Waals surface area contributed by atoms with E-state index in [1.165, 1.54) is 31.6 Å². The van der Waals surface area contributed by atoms with Crippen molar-refractivity contribution in [2.24, 2.45) is 5.92 Å². The predicted molar refractivity (Wildman–Crippen MR) is 80.3 cm³/mol. The molecule has 1 unspecified atom stereocenters. The van der Waals surface area contributed by atoms with Crippen LogP contribution in [0.4, 0.5) is 0 Å². The fourth-order valence-corrected chi connectivity index (χ4v) is 4.91. The SMILES string of the molecule is c1cc2c(s1)CCOC21CCN(CC2CCOC2)CC1. The number of piperidine rings is 1.